The minimum atomic E-state index is -0.580. The van der Waals surface area contributed by atoms with Crippen molar-refractivity contribution < 1.29 is 14.4 Å². The van der Waals surface area contributed by atoms with Crippen LogP contribution in [0, 0.1) is 0 Å². The van der Waals surface area contributed by atoms with Gasteiger partial charge in [0, 0.05) is 24.7 Å². The van der Waals surface area contributed by atoms with Crippen LogP contribution in [0.2, 0.25) is 0 Å². The third kappa shape index (κ3) is 2.21. The van der Waals surface area contributed by atoms with Crippen molar-refractivity contribution in [1.82, 2.24) is 20.4 Å². The molecule has 0 aliphatic carbocycles. The number of amides is 3. The summed E-state index contributed by atoms with van der Waals surface area (Å²) in [6.45, 7) is 0.377. The van der Waals surface area contributed by atoms with Crippen LogP contribution >= 0.6 is 0 Å². The van der Waals surface area contributed by atoms with Crippen molar-refractivity contribution in [2.45, 2.75) is 25.4 Å². The van der Waals surface area contributed by atoms with Crippen molar-refractivity contribution in [1.29, 1.82) is 0 Å². The second kappa shape index (κ2) is 5.05. The first-order valence-corrected chi connectivity index (χ1v) is 7.41. The third-order valence-corrected chi connectivity index (χ3v) is 4.34. The Balaban J connectivity index is 1.63. The van der Waals surface area contributed by atoms with Crippen LogP contribution in [0.25, 0.3) is 11.3 Å². The molecule has 0 saturated carbocycles. The topological polar surface area (TPSA) is 95.2 Å². The summed E-state index contributed by atoms with van der Waals surface area (Å²) in [5, 5.41) is 9.12. The Labute approximate surface area is 131 Å². The van der Waals surface area contributed by atoms with Gasteiger partial charge in [0.05, 0.1) is 5.69 Å². The van der Waals surface area contributed by atoms with Crippen LogP contribution in [0.4, 0.5) is 0 Å². The molecule has 7 nitrogen and oxygen atoms in total. The van der Waals surface area contributed by atoms with Crippen LogP contribution in [0.3, 0.4) is 0 Å². The maximum Gasteiger partial charge on any atom is 0.255 e. The molecular formula is C16H14N4O3. The number of hydrogen-bond donors (Lipinski definition) is 2. The molecule has 0 radical (unpaired) electrons. The van der Waals surface area contributed by atoms with Gasteiger partial charge >= 0.3 is 0 Å². The Kier molecular flexibility index (Phi) is 3.00. The molecule has 2 N–H and O–H groups in total. The summed E-state index contributed by atoms with van der Waals surface area (Å²) < 4.78 is 0. The third-order valence-electron chi connectivity index (χ3n) is 4.34. The number of nitrogens with one attached hydrogen (secondary N) is 2. The van der Waals surface area contributed by atoms with E-state index in [4.69, 9.17) is 0 Å². The Bertz CT molecular complexity index is 813. The maximum atomic E-state index is 12.6. The van der Waals surface area contributed by atoms with Crippen LogP contribution < -0.4 is 5.32 Å². The molecule has 3 heterocycles. The van der Waals surface area contributed by atoms with E-state index >= 15 is 0 Å². The monoisotopic (exact) mass is 310 g/mol. The van der Waals surface area contributed by atoms with E-state index in [0.717, 1.165) is 16.8 Å². The molecule has 1 atom stereocenters. The fraction of sp³-hybridized carbons (Fsp3) is 0.250. The molecule has 1 fully saturated rings. The number of benzene rings is 1. The molecule has 0 spiro atoms. The molecule has 4 rings (SSSR count). The van der Waals surface area contributed by atoms with E-state index in [0.29, 0.717) is 18.5 Å². The second-order valence-corrected chi connectivity index (χ2v) is 5.74. The summed E-state index contributed by atoms with van der Waals surface area (Å²) >= 11 is 0. The smallest absolute Gasteiger partial charge is 0.255 e. The highest BCUT2D eigenvalue weighted by atomic mass is 16.2. The fourth-order valence-corrected chi connectivity index (χ4v) is 3.16. The van der Waals surface area contributed by atoms with Crippen molar-refractivity contribution in [3.8, 4) is 11.3 Å². The molecule has 0 bridgehead atoms. The number of aromatic amines is 1. The van der Waals surface area contributed by atoms with Gasteiger partial charge in [-0.15, -0.1) is 0 Å². The molecule has 2 aromatic rings. The SMILES string of the molecule is O=C1CCC(N2Cc3cc(-c4ccn[nH]4)ccc3C2=O)C(=O)N1. The summed E-state index contributed by atoms with van der Waals surface area (Å²) in [7, 11) is 0. The van der Waals surface area contributed by atoms with Gasteiger partial charge in [-0.3, -0.25) is 24.8 Å². The number of piperidine rings is 1. The lowest BCUT2D eigenvalue weighted by atomic mass is 10.0. The van der Waals surface area contributed by atoms with Crippen LogP contribution in [0.1, 0.15) is 28.8 Å². The summed E-state index contributed by atoms with van der Waals surface area (Å²) in [5.41, 5.74) is 3.31. The van der Waals surface area contributed by atoms with E-state index in [1.54, 1.807) is 17.2 Å². The zero-order valence-electron chi connectivity index (χ0n) is 12.2. The summed E-state index contributed by atoms with van der Waals surface area (Å²) in [4.78, 5) is 37.4. The van der Waals surface area contributed by atoms with E-state index < -0.39 is 11.9 Å². The Hall–Kier alpha value is -2.96. The Morgan fingerprint density at radius 2 is 2.04 bits per heavy atom. The number of fused-ring (bicyclic) bond motifs is 1. The largest absolute Gasteiger partial charge is 0.322 e. The van der Waals surface area contributed by atoms with Gasteiger partial charge in [-0.2, -0.15) is 5.10 Å². The highest BCUT2D eigenvalue weighted by molar-refractivity contribution is 6.05. The zero-order chi connectivity index (χ0) is 16.0. The lowest BCUT2D eigenvalue weighted by Crippen LogP contribution is -2.52. The van der Waals surface area contributed by atoms with Crippen LogP contribution in [-0.4, -0.2) is 38.9 Å². The number of aromatic nitrogens is 2. The molecule has 2 aliphatic heterocycles. The fourth-order valence-electron chi connectivity index (χ4n) is 3.16. The van der Waals surface area contributed by atoms with Crippen molar-refractivity contribution >= 4 is 17.7 Å². The number of rotatable bonds is 2. The number of carbonyl (C=O) groups excluding carboxylic acids is 3. The van der Waals surface area contributed by atoms with E-state index in [1.807, 2.05) is 18.2 Å². The highest BCUT2D eigenvalue weighted by Crippen LogP contribution is 2.30. The second-order valence-electron chi connectivity index (χ2n) is 5.74. The standard InChI is InChI=1S/C16H14N4O3/c21-14-4-3-13(15(22)18-14)20-8-10-7-9(12-5-6-17-19-12)1-2-11(10)16(20)23/h1-2,5-7,13H,3-4,8H2,(H,17,19)(H,18,21,22). The Morgan fingerprint density at radius 3 is 2.78 bits per heavy atom. The molecule has 1 aromatic heterocycles. The molecule has 1 aromatic carbocycles. The Morgan fingerprint density at radius 1 is 1.17 bits per heavy atom. The summed E-state index contributed by atoms with van der Waals surface area (Å²) in [6.07, 6.45) is 2.30. The van der Waals surface area contributed by atoms with Crippen LogP contribution in [-0.2, 0) is 16.1 Å². The number of carbonyl (C=O) groups is 3. The average Bonchev–Trinajstić information content (AvgIpc) is 3.16. The van der Waals surface area contributed by atoms with E-state index in [2.05, 4.69) is 15.5 Å². The van der Waals surface area contributed by atoms with E-state index in [-0.39, 0.29) is 18.2 Å². The molecule has 3 amide bonds. The summed E-state index contributed by atoms with van der Waals surface area (Å²) in [6, 6.07) is 6.85. The van der Waals surface area contributed by atoms with Gasteiger partial charge in [0.15, 0.2) is 0 Å². The van der Waals surface area contributed by atoms with Crippen LogP contribution in [0.15, 0.2) is 30.5 Å². The predicted molar refractivity (Wildman–Crippen MR) is 80.1 cm³/mol. The van der Waals surface area contributed by atoms with Gasteiger partial charge in [0.2, 0.25) is 11.8 Å². The lowest BCUT2D eigenvalue weighted by Gasteiger charge is -2.29. The lowest BCUT2D eigenvalue weighted by molar-refractivity contribution is -0.136. The van der Waals surface area contributed by atoms with E-state index in [9.17, 15) is 14.4 Å². The van der Waals surface area contributed by atoms with Crippen molar-refractivity contribution in [2.24, 2.45) is 0 Å². The minimum Gasteiger partial charge on any atom is -0.322 e. The molecule has 7 heteroatoms. The number of nitrogens with zero attached hydrogens (tertiary/aromatic N) is 2. The van der Waals surface area contributed by atoms with Gasteiger partial charge in [0.1, 0.15) is 6.04 Å². The normalized spacial score (nSPS) is 20.6. The van der Waals surface area contributed by atoms with Crippen LogP contribution in [0.5, 0.6) is 0 Å². The van der Waals surface area contributed by atoms with Crippen molar-refractivity contribution in [2.75, 3.05) is 0 Å². The summed E-state index contributed by atoms with van der Waals surface area (Å²) in [5.74, 6) is -0.834. The van der Waals surface area contributed by atoms with Gasteiger partial charge in [-0.05, 0) is 35.7 Å². The molecule has 1 unspecified atom stereocenters. The van der Waals surface area contributed by atoms with Gasteiger partial charge in [-0.1, -0.05) is 6.07 Å². The first-order chi connectivity index (χ1) is 11.1. The first kappa shape index (κ1) is 13.7. The molecule has 1 saturated heterocycles. The highest BCUT2D eigenvalue weighted by Gasteiger charge is 2.39. The van der Waals surface area contributed by atoms with Gasteiger partial charge < -0.3 is 4.90 Å². The first-order valence-electron chi connectivity index (χ1n) is 7.41. The maximum absolute atomic E-state index is 12.6. The van der Waals surface area contributed by atoms with Crippen molar-refractivity contribution in [3.05, 3.63) is 41.6 Å². The number of imide groups is 1. The number of hydrogen-bond acceptors (Lipinski definition) is 4. The molecule has 2 aliphatic rings. The zero-order valence-corrected chi connectivity index (χ0v) is 12.2. The number of H-pyrrole nitrogens is 1. The molecule has 116 valence electrons. The quantitative estimate of drug-likeness (QED) is 0.803. The average molecular weight is 310 g/mol. The molecule has 23 heavy (non-hydrogen) atoms. The van der Waals surface area contributed by atoms with Crippen molar-refractivity contribution in [3.63, 3.8) is 0 Å². The molecular weight excluding hydrogens is 296 g/mol. The van der Waals surface area contributed by atoms with E-state index in [1.165, 1.54) is 0 Å². The van der Waals surface area contributed by atoms with Gasteiger partial charge in [0.25, 0.3) is 5.91 Å². The predicted octanol–water partition coefficient (Wildman–Crippen LogP) is 0.838. The van der Waals surface area contributed by atoms with Gasteiger partial charge in [-0.25, -0.2) is 0 Å². The minimum absolute atomic E-state index is 0.161.